The van der Waals surface area contributed by atoms with Crippen LogP contribution in [-0.2, 0) is 0 Å². The summed E-state index contributed by atoms with van der Waals surface area (Å²) in [5, 5.41) is 0.424. The average molecular weight is 314 g/mol. The van der Waals surface area contributed by atoms with Gasteiger partial charge in [-0.05, 0) is 22.6 Å². The lowest BCUT2D eigenvalue weighted by Gasteiger charge is -2.11. The molecule has 0 aliphatic heterocycles. The van der Waals surface area contributed by atoms with Gasteiger partial charge in [0.2, 0.25) is 0 Å². The van der Waals surface area contributed by atoms with Gasteiger partial charge in [-0.1, -0.05) is 11.6 Å². The number of halogens is 2. The van der Waals surface area contributed by atoms with Crippen LogP contribution in [0, 0.1) is 3.57 Å². The molecule has 0 radical (unpaired) electrons. The van der Waals surface area contributed by atoms with E-state index in [-0.39, 0.29) is 0 Å². The van der Waals surface area contributed by atoms with Crippen LogP contribution in [0.3, 0.4) is 0 Å². The lowest BCUT2D eigenvalue weighted by Crippen LogP contribution is -1.97. The third-order valence-corrected chi connectivity index (χ3v) is 3.11. The summed E-state index contributed by atoms with van der Waals surface area (Å²) in [6.07, 6.45) is 0. The molecule has 0 saturated heterocycles. The summed E-state index contributed by atoms with van der Waals surface area (Å²) in [5.41, 5.74) is 6.22. The van der Waals surface area contributed by atoms with E-state index in [4.69, 9.17) is 26.8 Å². The quantitative estimate of drug-likeness (QED) is 0.674. The maximum Gasteiger partial charge on any atom is 0.143 e. The first-order chi connectivity index (χ1) is 6.11. The van der Waals surface area contributed by atoms with Gasteiger partial charge in [0.25, 0.3) is 0 Å². The first kappa shape index (κ1) is 10.7. The second-order valence-corrected chi connectivity index (χ2v) is 3.78. The van der Waals surface area contributed by atoms with Crippen molar-refractivity contribution in [1.29, 1.82) is 0 Å². The monoisotopic (exact) mass is 313 g/mol. The number of anilines is 1. The highest BCUT2D eigenvalue weighted by molar-refractivity contribution is 14.1. The van der Waals surface area contributed by atoms with Crippen molar-refractivity contribution in [1.82, 2.24) is 0 Å². The Morgan fingerprint density at radius 2 is 1.85 bits per heavy atom. The first-order valence-corrected chi connectivity index (χ1v) is 4.93. The van der Waals surface area contributed by atoms with Crippen molar-refractivity contribution in [2.24, 2.45) is 0 Å². The number of nitrogen functional groups attached to an aromatic ring is 1. The van der Waals surface area contributed by atoms with Gasteiger partial charge >= 0.3 is 0 Å². The van der Waals surface area contributed by atoms with Crippen molar-refractivity contribution < 1.29 is 9.47 Å². The maximum absolute atomic E-state index is 5.92. The van der Waals surface area contributed by atoms with Gasteiger partial charge < -0.3 is 15.2 Å². The van der Waals surface area contributed by atoms with Crippen molar-refractivity contribution >= 4 is 39.9 Å². The summed E-state index contributed by atoms with van der Waals surface area (Å²) in [7, 11) is 3.11. The molecule has 2 N–H and O–H groups in total. The molecule has 0 saturated carbocycles. The number of benzene rings is 1. The highest BCUT2D eigenvalue weighted by Gasteiger charge is 2.13. The van der Waals surface area contributed by atoms with E-state index < -0.39 is 0 Å². The summed E-state index contributed by atoms with van der Waals surface area (Å²) in [4.78, 5) is 0. The third kappa shape index (κ3) is 1.94. The zero-order valence-corrected chi connectivity index (χ0v) is 10.1. The van der Waals surface area contributed by atoms with Crippen LogP contribution in [-0.4, -0.2) is 14.2 Å². The Hall–Kier alpha value is -0.360. The van der Waals surface area contributed by atoms with Gasteiger partial charge in [0.1, 0.15) is 16.5 Å². The molecule has 0 aliphatic rings. The molecule has 0 spiro atoms. The van der Waals surface area contributed by atoms with Gasteiger partial charge in [0, 0.05) is 6.07 Å². The highest BCUT2D eigenvalue weighted by Crippen LogP contribution is 2.39. The van der Waals surface area contributed by atoms with Crippen molar-refractivity contribution in [3.05, 3.63) is 14.7 Å². The topological polar surface area (TPSA) is 44.5 Å². The lowest BCUT2D eigenvalue weighted by molar-refractivity contribution is 0.393. The first-order valence-electron chi connectivity index (χ1n) is 3.47. The zero-order chi connectivity index (χ0) is 10.0. The zero-order valence-electron chi connectivity index (χ0n) is 7.23. The maximum atomic E-state index is 5.92. The van der Waals surface area contributed by atoms with Gasteiger partial charge in [-0.3, -0.25) is 0 Å². The van der Waals surface area contributed by atoms with Crippen molar-refractivity contribution in [2.45, 2.75) is 0 Å². The second-order valence-electron chi connectivity index (χ2n) is 2.32. The van der Waals surface area contributed by atoms with Gasteiger partial charge in [-0.15, -0.1) is 0 Å². The molecule has 0 amide bonds. The molecule has 0 unspecified atom stereocenters. The molecule has 13 heavy (non-hydrogen) atoms. The molecule has 0 atom stereocenters. The molecule has 72 valence electrons. The van der Waals surface area contributed by atoms with E-state index in [1.807, 2.05) is 0 Å². The van der Waals surface area contributed by atoms with Gasteiger partial charge in [0.05, 0.1) is 23.5 Å². The van der Waals surface area contributed by atoms with Crippen molar-refractivity contribution in [3.8, 4) is 11.5 Å². The molecule has 0 heterocycles. The number of methoxy groups -OCH3 is 2. The van der Waals surface area contributed by atoms with Gasteiger partial charge in [-0.25, -0.2) is 0 Å². The molecule has 5 heteroatoms. The number of hydrogen-bond acceptors (Lipinski definition) is 3. The van der Waals surface area contributed by atoms with Crippen LogP contribution in [0.2, 0.25) is 5.02 Å². The fraction of sp³-hybridized carbons (Fsp3) is 0.250. The predicted molar refractivity (Wildman–Crippen MR) is 61.7 cm³/mol. The third-order valence-electron chi connectivity index (χ3n) is 1.61. The molecule has 1 aromatic rings. The molecular weight excluding hydrogens is 304 g/mol. The lowest BCUT2D eigenvalue weighted by atomic mass is 10.3. The minimum absolute atomic E-state index is 0.424. The van der Waals surface area contributed by atoms with E-state index in [1.54, 1.807) is 13.2 Å². The summed E-state index contributed by atoms with van der Waals surface area (Å²) < 4.78 is 10.9. The fourth-order valence-electron chi connectivity index (χ4n) is 0.905. The van der Waals surface area contributed by atoms with E-state index in [2.05, 4.69) is 22.6 Å². The SMILES string of the molecule is COc1cc(OC)c(I)c(N)c1Cl. The van der Waals surface area contributed by atoms with E-state index in [9.17, 15) is 0 Å². The second kappa shape index (κ2) is 4.23. The van der Waals surface area contributed by atoms with Gasteiger partial charge in [-0.2, -0.15) is 0 Å². The number of hydrogen-bond donors (Lipinski definition) is 1. The number of ether oxygens (including phenoxy) is 2. The van der Waals surface area contributed by atoms with Crippen LogP contribution in [0.25, 0.3) is 0 Å². The molecule has 1 rings (SSSR count). The van der Waals surface area contributed by atoms with Crippen molar-refractivity contribution in [3.63, 3.8) is 0 Å². The summed E-state index contributed by atoms with van der Waals surface area (Å²) in [5.74, 6) is 1.19. The molecule has 0 aromatic heterocycles. The Balaban J connectivity index is 3.36. The molecule has 1 aromatic carbocycles. The molecule has 0 bridgehead atoms. The van der Waals surface area contributed by atoms with E-state index in [0.29, 0.717) is 22.2 Å². The number of rotatable bonds is 2. The average Bonchev–Trinajstić information content (AvgIpc) is 2.15. The molecular formula is C8H9ClINO2. The van der Waals surface area contributed by atoms with E-state index in [0.717, 1.165) is 3.57 Å². The standard InChI is InChI=1S/C8H9ClINO2/c1-12-4-3-5(13-2)7(10)8(11)6(4)9/h3H,11H2,1-2H3. The fourth-order valence-corrected chi connectivity index (χ4v) is 1.94. The van der Waals surface area contributed by atoms with E-state index in [1.165, 1.54) is 7.11 Å². The van der Waals surface area contributed by atoms with Crippen LogP contribution in [0.1, 0.15) is 0 Å². The summed E-state index contributed by atoms with van der Waals surface area (Å²) >= 11 is 7.99. The minimum Gasteiger partial charge on any atom is -0.495 e. The minimum atomic E-state index is 0.424. The summed E-state index contributed by atoms with van der Waals surface area (Å²) in [6.45, 7) is 0. The smallest absolute Gasteiger partial charge is 0.143 e. The summed E-state index contributed by atoms with van der Waals surface area (Å²) in [6, 6.07) is 1.71. The van der Waals surface area contributed by atoms with Crippen LogP contribution in [0.5, 0.6) is 11.5 Å². The Morgan fingerprint density at radius 1 is 1.31 bits per heavy atom. The van der Waals surface area contributed by atoms with Gasteiger partial charge in [0.15, 0.2) is 0 Å². The highest BCUT2D eigenvalue weighted by atomic mass is 127. The van der Waals surface area contributed by atoms with Crippen LogP contribution in [0.15, 0.2) is 6.07 Å². The largest absolute Gasteiger partial charge is 0.495 e. The molecule has 3 nitrogen and oxygen atoms in total. The Bertz CT molecular complexity index is 302. The predicted octanol–water partition coefficient (Wildman–Crippen LogP) is 2.54. The van der Waals surface area contributed by atoms with Crippen LogP contribution < -0.4 is 15.2 Å². The Morgan fingerprint density at radius 3 is 2.31 bits per heavy atom. The normalized spacial score (nSPS) is 9.85. The van der Waals surface area contributed by atoms with E-state index >= 15 is 0 Å². The van der Waals surface area contributed by atoms with Crippen LogP contribution in [0.4, 0.5) is 5.69 Å². The number of nitrogens with two attached hydrogens (primary N) is 1. The Labute approximate surface area is 95.3 Å². The van der Waals surface area contributed by atoms with Crippen molar-refractivity contribution in [2.75, 3.05) is 20.0 Å². The molecule has 0 aliphatic carbocycles. The Kier molecular flexibility index (Phi) is 3.49. The van der Waals surface area contributed by atoms with Crippen LogP contribution >= 0.6 is 34.2 Å². The molecule has 0 fully saturated rings.